The number of aliphatic hydroxyl groups is 1. The summed E-state index contributed by atoms with van der Waals surface area (Å²) in [5, 5.41) is 21.1. The second-order valence-corrected chi connectivity index (χ2v) is 8.59. The molecule has 0 radical (unpaired) electrons. The van der Waals surface area contributed by atoms with E-state index in [1.54, 1.807) is 0 Å². The van der Waals surface area contributed by atoms with Crippen LogP contribution in [0.1, 0.15) is 19.3 Å². The van der Waals surface area contributed by atoms with Crippen molar-refractivity contribution in [1.29, 1.82) is 0 Å². The largest absolute Gasteiger partial charge is 0.391 e. The van der Waals surface area contributed by atoms with E-state index >= 15 is 0 Å². The second kappa shape index (κ2) is 7.57. The fourth-order valence-corrected chi connectivity index (χ4v) is 4.93. The van der Waals surface area contributed by atoms with Crippen molar-refractivity contribution >= 4 is 15.7 Å². The zero-order chi connectivity index (χ0) is 18.9. The van der Waals surface area contributed by atoms with Crippen LogP contribution >= 0.6 is 0 Å². The third kappa shape index (κ3) is 3.74. The van der Waals surface area contributed by atoms with Crippen molar-refractivity contribution in [2.75, 3.05) is 20.3 Å². The molecule has 9 nitrogen and oxygen atoms in total. The Bertz CT molecular complexity index is 746. The van der Waals surface area contributed by atoms with Gasteiger partial charge in [-0.2, -0.15) is 4.31 Å². The molecule has 0 spiro atoms. The number of ether oxygens (including phenoxy) is 2. The molecule has 0 aromatic heterocycles. The van der Waals surface area contributed by atoms with Gasteiger partial charge in [-0.05, 0) is 31.4 Å². The van der Waals surface area contributed by atoms with Crippen LogP contribution < -0.4 is 0 Å². The number of hydrogen-bond acceptors (Lipinski definition) is 7. The van der Waals surface area contributed by atoms with Crippen LogP contribution in [0.4, 0.5) is 5.69 Å². The Hall–Kier alpha value is -1.59. The maximum atomic E-state index is 12.9. The molecule has 1 aliphatic heterocycles. The van der Waals surface area contributed by atoms with Crippen LogP contribution in [0.2, 0.25) is 0 Å². The maximum absolute atomic E-state index is 12.9. The molecule has 3 rings (SSSR count). The van der Waals surface area contributed by atoms with E-state index in [1.807, 2.05) is 0 Å². The van der Waals surface area contributed by atoms with Crippen LogP contribution in [0, 0.1) is 16.0 Å². The van der Waals surface area contributed by atoms with E-state index in [0.29, 0.717) is 32.5 Å². The molecular formula is C16H22N2O7S. The number of benzene rings is 1. The quantitative estimate of drug-likeness (QED) is 0.595. The summed E-state index contributed by atoms with van der Waals surface area (Å²) >= 11 is 0. The van der Waals surface area contributed by atoms with Gasteiger partial charge in [-0.15, -0.1) is 0 Å². The molecule has 1 saturated heterocycles. The summed E-state index contributed by atoms with van der Waals surface area (Å²) in [5.41, 5.74) is -0.181. The highest BCUT2D eigenvalue weighted by Gasteiger charge is 2.41. The number of aliphatic hydroxyl groups excluding tert-OH is 1. The maximum Gasteiger partial charge on any atom is 0.269 e. The molecule has 1 N–H and O–H groups in total. The van der Waals surface area contributed by atoms with Crippen molar-refractivity contribution in [2.45, 2.75) is 42.6 Å². The van der Waals surface area contributed by atoms with Crippen LogP contribution in [0.25, 0.3) is 0 Å². The van der Waals surface area contributed by atoms with E-state index in [0.717, 1.165) is 16.4 Å². The van der Waals surface area contributed by atoms with Gasteiger partial charge in [0.15, 0.2) is 6.29 Å². The predicted octanol–water partition coefficient (Wildman–Crippen LogP) is 1.12. The molecule has 144 valence electrons. The summed E-state index contributed by atoms with van der Waals surface area (Å²) in [6.07, 6.45) is 0.437. The number of nitro groups is 1. The average Bonchev–Trinajstić information content (AvgIpc) is 3.16. The number of rotatable bonds is 5. The number of non-ortho nitro benzene ring substituents is 1. The first-order chi connectivity index (χ1) is 12.3. The molecule has 0 unspecified atom stereocenters. The molecule has 0 bridgehead atoms. The third-order valence-corrected chi connectivity index (χ3v) is 6.94. The second-order valence-electron chi connectivity index (χ2n) is 6.59. The summed E-state index contributed by atoms with van der Waals surface area (Å²) in [5.74, 6) is 0.0143. The number of nitrogens with zero attached hydrogens (tertiary/aromatic N) is 2. The molecule has 1 aliphatic carbocycles. The van der Waals surface area contributed by atoms with Crippen molar-refractivity contribution in [3.63, 3.8) is 0 Å². The smallest absolute Gasteiger partial charge is 0.269 e. The van der Waals surface area contributed by atoms with Gasteiger partial charge in [-0.25, -0.2) is 8.42 Å². The lowest BCUT2D eigenvalue weighted by Gasteiger charge is -2.39. The van der Waals surface area contributed by atoms with E-state index in [4.69, 9.17) is 9.47 Å². The highest BCUT2D eigenvalue weighted by Crippen LogP contribution is 2.34. The Kier molecular flexibility index (Phi) is 5.58. The van der Waals surface area contributed by atoms with E-state index in [-0.39, 0.29) is 22.8 Å². The number of sulfonamides is 1. The van der Waals surface area contributed by atoms with Crippen molar-refractivity contribution in [3.05, 3.63) is 34.4 Å². The molecule has 1 aromatic rings. The number of likely N-dealkylation sites (N-methyl/N-ethyl adjacent to an activating group) is 1. The van der Waals surface area contributed by atoms with Gasteiger partial charge in [0.1, 0.15) is 0 Å². The van der Waals surface area contributed by atoms with Crippen molar-refractivity contribution < 1.29 is 27.9 Å². The zero-order valence-electron chi connectivity index (χ0n) is 14.4. The lowest BCUT2D eigenvalue weighted by atomic mass is 9.83. The Morgan fingerprint density at radius 3 is 2.38 bits per heavy atom. The van der Waals surface area contributed by atoms with E-state index < -0.39 is 27.1 Å². The standard InChI is InChI=1S/C16H22N2O7S/c1-17(26(22,23)13-5-3-12(4-6-13)18(20)21)14-10-11(2-7-15(14)19)16-24-8-9-25-16/h3-6,11,14-16,19H,2,7-10H2,1H3/t11-,14-,15+/m1/s1. The first kappa shape index (κ1) is 19.2. The monoisotopic (exact) mass is 386 g/mol. The number of hydrogen-bond donors (Lipinski definition) is 1. The average molecular weight is 386 g/mol. The molecule has 2 fully saturated rings. The molecule has 26 heavy (non-hydrogen) atoms. The van der Waals surface area contributed by atoms with Crippen LogP contribution in [0.5, 0.6) is 0 Å². The summed E-state index contributed by atoms with van der Waals surface area (Å²) in [4.78, 5) is 10.1. The van der Waals surface area contributed by atoms with Crippen molar-refractivity contribution in [3.8, 4) is 0 Å². The van der Waals surface area contributed by atoms with Gasteiger partial charge in [0.25, 0.3) is 5.69 Å². The summed E-state index contributed by atoms with van der Waals surface area (Å²) in [6, 6.07) is 4.11. The normalized spacial score (nSPS) is 27.7. The minimum Gasteiger partial charge on any atom is -0.391 e. The molecule has 0 amide bonds. The van der Waals surface area contributed by atoms with E-state index in [9.17, 15) is 23.6 Å². The molecule has 2 aliphatic rings. The van der Waals surface area contributed by atoms with Gasteiger partial charge < -0.3 is 14.6 Å². The third-order valence-electron chi connectivity index (χ3n) is 5.05. The number of nitro benzene ring substituents is 1. The van der Waals surface area contributed by atoms with Gasteiger partial charge in [0.05, 0.1) is 35.2 Å². The van der Waals surface area contributed by atoms with Gasteiger partial charge in [0.2, 0.25) is 10.0 Å². The summed E-state index contributed by atoms with van der Waals surface area (Å²) in [7, 11) is -2.47. The SMILES string of the molecule is CN([C@@H]1C[C@H](C2OCCO2)CC[C@@H]1O)S(=O)(=O)c1ccc([N+](=O)[O-])cc1. The Morgan fingerprint density at radius 1 is 1.19 bits per heavy atom. The Morgan fingerprint density at radius 2 is 1.81 bits per heavy atom. The lowest BCUT2D eigenvalue weighted by molar-refractivity contribution is -0.384. The zero-order valence-corrected chi connectivity index (χ0v) is 15.2. The molecular weight excluding hydrogens is 364 g/mol. The fraction of sp³-hybridized carbons (Fsp3) is 0.625. The minimum atomic E-state index is -3.89. The highest BCUT2D eigenvalue weighted by atomic mass is 32.2. The predicted molar refractivity (Wildman–Crippen MR) is 90.9 cm³/mol. The fourth-order valence-electron chi connectivity index (χ4n) is 3.53. The van der Waals surface area contributed by atoms with E-state index in [2.05, 4.69) is 0 Å². The van der Waals surface area contributed by atoms with Crippen LogP contribution in [0.3, 0.4) is 0 Å². The summed E-state index contributed by atoms with van der Waals surface area (Å²) in [6.45, 7) is 1.04. The molecule has 1 heterocycles. The van der Waals surface area contributed by atoms with Gasteiger partial charge in [-0.3, -0.25) is 10.1 Å². The van der Waals surface area contributed by atoms with Crippen molar-refractivity contribution in [2.24, 2.45) is 5.92 Å². The Balaban J connectivity index is 1.78. The van der Waals surface area contributed by atoms with Gasteiger partial charge >= 0.3 is 0 Å². The molecule has 10 heteroatoms. The van der Waals surface area contributed by atoms with Crippen LogP contribution in [-0.2, 0) is 19.5 Å². The minimum absolute atomic E-state index is 0.0143. The van der Waals surface area contributed by atoms with E-state index in [1.165, 1.54) is 19.2 Å². The first-order valence-electron chi connectivity index (χ1n) is 8.44. The molecule has 1 aromatic carbocycles. The Labute approximate surface area is 151 Å². The van der Waals surface area contributed by atoms with Gasteiger partial charge in [0, 0.05) is 25.1 Å². The van der Waals surface area contributed by atoms with Crippen LogP contribution in [-0.4, -0.2) is 61.5 Å². The lowest BCUT2D eigenvalue weighted by Crippen LogP contribution is -2.49. The topological polar surface area (TPSA) is 119 Å². The van der Waals surface area contributed by atoms with Crippen LogP contribution in [0.15, 0.2) is 29.2 Å². The molecule has 1 saturated carbocycles. The summed E-state index contributed by atoms with van der Waals surface area (Å²) < 4.78 is 37.9. The highest BCUT2D eigenvalue weighted by molar-refractivity contribution is 7.89. The first-order valence-corrected chi connectivity index (χ1v) is 9.88. The molecule has 3 atom stereocenters. The van der Waals surface area contributed by atoms with Gasteiger partial charge in [-0.1, -0.05) is 0 Å². The van der Waals surface area contributed by atoms with Crippen molar-refractivity contribution in [1.82, 2.24) is 4.31 Å².